The van der Waals surface area contributed by atoms with Crippen LogP contribution in [-0.4, -0.2) is 16.1 Å². The van der Waals surface area contributed by atoms with Crippen molar-refractivity contribution in [3.8, 4) is 0 Å². The van der Waals surface area contributed by atoms with Gasteiger partial charge in [0.1, 0.15) is 0 Å². The Kier molecular flexibility index (Phi) is 4.59. The lowest BCUT2D eigenvalue weighted by molar-refractivity contribution is -0.137. The summed E-state index contributed by atoms with van der Waals surface area (Å²) in [5, 5.41) is 11.7. The van der Waals surface area contributed by atoms with E-state index >= 15 is 0 Å². The van der Waals surface area contributed by atoms with Crippen molar-refractivity contribution >= 4 is 17.3 Å². The molecule has 0 spiro atoms. The van der Waals surface area contributed by atoms with Crippen LogP contribution in [-0.2, 0) is 17.6 Å². The summed E-state index contributed by atoms with van der Waals surface area (Å²) in [5.74, 6) is -0.728. The van der Waals surface area contributed by atoms with Gasteiger partial charge in [0.05, 0.1) is 10.7 Å². The highest BCUT2D eigenvalue weighted by molar-refractivity contribution is 7.09. The van der Waals surface area contributed by atoms with Gasteiger partial charge in [-0.1, -0.05) is 6.92 Å². The first-order valence-corrected chi connectivity index (χ1v) is 5.75. The van der Waals surface area contributed by atoms with Crippen LogP contribution in [0.5, 0.6) is 0 Å². The lowest BCUT2D eigenvalue weighted by Gasteiger charge is -1.93. The van der Waals surface area contributed by atoms with Crippen molar-refractivity contribution < 1.29 is 9.90 Å². The molecule has 0 atom stereocenters. The SMILES string of the molecule is CCCc1nc(CCCC(=O)O)cs1. The van der Waals surface area contributed by atoms with E-state index in [4.69, 9.17) is 5.11 Å². The van der Waals surface area contributed by atoms with E-state index in [-0.39, 0.29) is 6.42 Å². The third kappa shape index (κ3) is 3.87. The van der Waals surface area contributed by atoms with Gasteiger partial charge in [-0.25, -0.2) is 4.98 Å². The molecule has 0 aromatic carbocycles. The number of nitrogens with zero attached hydrogens (tertiary/aromatic N) is 1. The van der Waals surface area contributed by atoms with Crippen LogP contribution < -0.4 is 0 Å². The summed E-state index contributed by atoms with van der Waals surface area (Å²) in [6.45, 7) is 2.13. The molecule has 1 N–H and O–H groups in total. The van der Waals surface area contributed by atoms with Crippen molar-refractivity contribution in [3.05, 3.63) is 16.1 Å². The lowest BCUT2D eigenvalue weighted by atomic mass is 10.2. The van der Waals surface area contributed by atoms with Crippen molar-refractivity contribution in [2.24, 2.45) is 0 Å². The zero-order chi connectivity index (χ0) is 10.4. The normalized spacial score (nSPS) is 10.4. The molecule has 4 heteroatoms. The van der Waals surface area contributed by atoms with Gasteiger partial charge < -0.3 is 5.11 Å². The van der Waals surface area contributed by atoms with Crippen LogP contribution in [0.2, 0.25) is 0 Å². The van der Waals surface area contributed by atoms with Gasteiger partial charge in [-0.3, -0.25) is 4.79 Å². The number of carbonyl (C=O) groups is 1. The highest BCUT2D eigenvalue weighted by atomic mass is 32.1. The average molecular weight is 213 g/mol. The van der Waals surface area contributed by atoms with E-state index < -0.39 is 5.97 Å². The maximum Gasteiger partial charge on any atom is 0.303 e. The van der Waals surface area contributed by atoms with E-state index in [0.29, 0.717) is 6.42 Å². The van der Waals surface area contributed by atoms with Crippen LogP contribution in [0, 0.1) is 0 Å². The topological polar surface area (TPSA) is 50.2 Å². The molecule has 78 valence electrons. The maximum absolute atomic E-state index is 10.3. The summed E-state index contributed by atoms with van der Waals surface area (Å²) in [6, 6.07) is 0. The van der Waals surface area contributed by atoms with Gasteiger partial charge >= 0.3 is 5.97 Å². The molecule has 3 nitrogen and oxygen atoms in total. The number of aliphatic carboxylic acids is 1. The zero-order valence-electron chi connectivity index (χ0n) is 8.32. The average Bonchev–Trinajstić information content (AvgIpc) is 2.53. The van der Waals surface area contributed by atoms with Crippen LogP contribution in [0.3, 0.4) is 0 Å². The van der Waals surface area contributed by atoms with Gasteiger partial charge in [0, 0.05) is 11.8 Å². The van der Waals surface area contributed by atoms with E-state index in [2.05, 4.69) is 11.9 Å². The van der Waals surface area contributed by atoms with Gasteiger partial charge in [-0.2, -0.15) is 0 Å². The molecule has 0 saturated heterocycles. The van der Waals surface area contributed by atoms with Crippen molar-refractivity contribution in [1.82, 2.24) is 4.98 Å². The second-order valence-electron chi connectivity index (χ2n) is 3.23. The lowest BCUT2D eigenvalue weighted by Crippen LogP contribution is -1.96. The third-order valence-electron chi connectivity index (χ3n) is 1.89. The molecular formula is C10H15NO2S. The summed E-state index contributed by atoms with van der Waals surface area (Å²) in [5.41, 5.74) is 1.04. The fourth-order valence-corrected chi connectivity index (χ4v) is 2.15. The fourth-order valence-electron chi connectivity index (χ4n) is 1.21. The number of aryl methyl sites for hydroxylation is 2. The van der Waals surface area contributed by atoms with Crippen molar-refractivity contribution in [1.29, 1.82) is 0 Å². The molecule has 0 radical (unpaired) electrons. The highest BCUT2D eigenvalue weighted by Gasteiger charge is 2.02. The van der Waals surface area contributed by atoms with Crippen molar-refractivity contribution in [2.45, 2.75) is 39.0 Å². The Morgan fingerprint density at radius 1 is 1.57 bits per heavy atom. The summed E-state index contributed by atoms with van der Waals surface area (Å²) in [4.78, 5) is 14.7. The molecular weight excluding hydrogens is 198 g/mol. The Hall–Kier alpha value is -0.900. The van der Waals surface area contributed by atoms with E-state index in [0.717, 1.165) is 30.0 Å². The molecule has 14 heavy (non-hydrogen) atoms. The Morgan fingerprint density at radius 2 is 2.36 bits per heavy atom. The first-order chi connectivity index (χ1) is 6.72. The zero-order valence-corrected chi connectivity index (χ0v) is 9.14. The second-order valence-corrected chi connectivity index (χ2v) is 4.17. The van der Waals surface area contributed by atoms with Crippen LogP contribution in [0.25, 0.3) is 0 Å². The molecule has 1 rings (SSSR count). The predicted molar refractivity (Wildman–Crippen MR) is 56.7 cm³/mol. The van der Waals surface area contributed by atoms with Crippen LogP contribution in [0.4, 0.5) is 0 Å². The maximum atomic E-state index is 10.3. The summed E-state index contributed by atoms with van der Waals surface area (Å²) >= 11 is 1.67. The van der Waals surface area contributed by atoms with Crippen LogP contribution in [0.1, 0.15) is 36.9 Å². The minimum Gasteiger partial charge on any atom is -0.481 e. The number of carboxylic acid groups (broad SMARTS) is 1. The molecule has 0 bridgehead atoms. The standard InChI is InChI=1S/C10H15NO2S/c1-2-4-9-11-8(7-14-9)5-3-6-10(12)13/h7H,2-6H2,1H3,(H,12,13). The number of rotatable bonds is 6. The first-order valence-electron chi connectivity index (χ1n) is 4.87. The van der Waals surface area contributed by atoms with Gasteiger partial charge in [0.2, 0.25) is 0 Å². The molecule has 0 saturated carbocycles. The molecule has 0 fully saturated rings. The molecule has 1 heterocycles. The smallest absolute Gasteiger partial charge is 0.303 e. The van der Waals surface area contributed by atoms with E-state index in [9.17, 15) is 4.79 Å². The fraction of sp³-hybridized carbons (Fsp3) is 0.600. The quantitative estimate of drug-likeness (QED) is 0.790. The Balaban J connectivity index is 2.32. The Bertz CT molecular complexity index is 296. The molecule has 1 aromatic heterocycles. The molecule has 0 amide bonds. The van der Waals surface area contributed by atoms with Crippen LogP contribution >= 0.6 is 11.3 Å². The van der Waals surface area contributed by atoms with Gasteiger partial charge in [-0.15, -0.1) is 11.3 Å². The number of hydrogen-bond acceptors (Lipinski definition) is 3. The molecule has 1 aromatic rings. The number of hydrogen-bond donors (Lipinski definition) is 1. The highest BCUT2D eigenvalue weighted by Crippen LogP contribution is 2.13. The largest absolute Gasteiger partial charge is 0.481 e. The Morgan fingerprint density at radius 3 is 3.00 bits per heavy atom. The monoisotopic (exact) mass is 213 g/mol. The second kappa shape index (κ2) is 5.75. The summed E-state index contributed by atoms with van der Waals surface area (Å²) in [6.07, 6.45) is 3.85. The van der Waals surface area contributed by atoms with Crippen molar-refractivity contribution in [2.75, 3.05) is 0 Å². The molecule has 0 aliphatic carbocycles. The van der Waals surface area contributed by atoms with Crippen LogP contribution in [0.15, 0.2) is 5.38 Å². The minimum atomic E-state index is -0.728. The van der Waals surface area contributed by atoms with Crippen molar-refractivity contribution in [3.63, 3.8) is 0 Å². The third-order valence-corrected chi connectivity index (χ3v) is 2.84. The number of aromatic nitrogens is 1. The summed E-state index contributed by atoms with van der Waals surface area (Å²) in [7, 11) is 0. The number of carboxylic acids is 1. The van der Waals surface area contributed by atoms with E-state index in [1.165, 1.54) is 0 Å². The molecule has 0 aliphatic heterocycles. The van der Waals surface area contributed by atoms with E-state index in [1.807, 2.05) is 5.38 Å². The molecule has 0 aliphatic rings. The van der Waals surface area contributed by atoms with Gasteiger partial charge in [0.25, 0.3) is 0 Å². The summed E-state index contributed by atoms with van der Waals surface area (Å²) < 4.78 is 0. The van der Waals surface area contributed by atoms with E-state index in [1.54, 1.807) is 11.3 Å². The molecule has 0 unspecified atom stereocenters. The Labute approximate surface area is 87.8 Å². The van der Waals surface area contributed by atoms with Gasteiger partial charge in [-0.05, 0) is 25.7 Å². The van der Waals surface area contributed by atoms with Gasteiger partial charge in [0.15, 0.2) is 0 Å². The first kappa shape index (κ1) is 11.2. The predicted octanol–water partition coefficient (Wildman–Crippen LogP) is 2.50. The minimum absolute atomic E-state index is 0.237. The number of thiazole rings is 1.